The lowest BCUT2D eigenvalue weighted by Gasteiger charge is -2.43. The summed E-state index contributed by atoms with van der Waals surface area (Å²) in [6.07, 6.45) is 0. The van der Waals surface area contributed by atoms with Gasteiger partial charge >= 0.3 is 0 Å². The normalized spacial score (nSPS) is 15.9. The van der Waals surface area contributed by atoms with Crippen LogP contribution in [0.1, 0.15) is 0 Å². The quantitative estimate of drug-likeness (QED) is 0.408. The van der Waals surface area contributed by atoms with Crippen LogP contribution in [0.4, 0.5) is 0 Å². The van der Waals surface area contributed by atoms with Gasteiger partial charge in [-0.1, -0.05) is 31.2 Å². The summed E-state index contributed by atoms with van der Waals surface area (Å²) in [5.41, 5.74) is -1.36. The van der Waals surface area contributed by atoms with E-state index in [4.69, 9.17) is 25.8 Å². The zero-order chi connectivity index (χ0) is 10.7. The summed E-state index contributed by atoms with van der Waals surface area (Å²) in [6.45, 7) is 6.36. The summed E-state index contributed by atoms with van der Waals surface area (Å²) in [6, 6.07) is 0. The van der Waals surface area contributed by atoms with Crippen LogP contribution in [-0.4, -0.2) is 40.4 Å². The van der Waals surface area contributed by atoms with E-state index in [1.165, 1.54) is 0 Å². The molecule has 0 rings (SSSR count). The smallest absolute Gasteiger partial charge is 0.189 e. The minimum atomic E-state index is -1.72. The summed E-state index contributed by atoms with van der Waals surface area (Å²) in [7, 11) is 3.01. The summed E-state index contributed by atoms with van der Waals surface area (Å²) in [5, 5.41) is 0. The predicted molar refractivity (Wildman–Crippen MR) is 56.7 cm³/mol. The van der Waals surface area contributed by atoms with Crippen LogP contribution >= 0.6 is 11.6 Å². The third kappa shape index (κ3) is 2.44. The lowest BCUT2D eigenvalue weighted by atomic mass is 10.6. The molecule has 5 heteroatoms. The van der Waals surface area contributed by atoms with Crippen LogP contribution in [0.3, 0.4) is 0 Å². The van der Waals surface area contributed by atoms with Crippen molar-refractivity contribution < 1.29 is 14.2 Å². The van der Waals surface area contributed by atoms with Gasteiger partial charge in [0.15, 0.2) is 11.0 Å². The van der Waals surface area contributed by atoms with Crippen molar-refractivity contribution in [2.45, 2.75) is 30.6 Å². The number of methoxy groups -OCH3 is 3. The number of ether oxygens (including phenoxy) is 3. The second-order valence-electron chi connectivity index (χ2n) is 3.88. The zero-order valence-corrected chi connectivity index (χ0v) is 10.9. The van der Waals surface area contributed by atoms with E-state index in [9.17, 15) is 0 Å². The molecule has 0 saturated carbocycles. The average Bonchev–Trinajstić information content (AvgIpc) is 2.04. The molecule has 0 bridgehead atoms. The fourth-order valence-corrected chi connectivity index (χ4v) is 4.56. The Hall–Kier alpha value is 0.387. The fraction of sp³-hybridized carbons (Fsp3) is 1.00. The van der Waals surface area contributed by atoms with E-state index in [2.05, 4.69) is 19.6 Å². The molecule has 0 aromatic heterocycles. The predicted octanol–water partition coefficient (Wildman–Crippen LogP) is 2.06. The highest BCUT2D eigenvalue weighted by Gasteiger charge is 2.50. The monoisotopic (exact) mass is 226 g/mol. The van der Waals surface area contributed by atoms with Crippen molar-refractivity contribution in [2.24, 2.45) is 0 Å². The van der Waals surface area contributed by atoms with Crippen molar-refractivity contribution in [3.8, 4) is 0 Å². The van der Waals surface area contributed by atoms with Crippen LogP contribution in [0.25, 0.3) is 0 Å². The van der Waals surface area contributed by atoms with Crippen molar-refractivity contribution >= 4 is 19.7 Å². The van der Waals surface area contributed by atoms with E-state index < -0.39 is 19.0 Å². The van der Waals surface area contributed by atoms with Crippen molar-refractivity contribution in [3.63, 3.8) is 0 Å². The Morgan fingerprint density at radius 1 is 1.08 bits per heavy atom. The largest absolute Gasteiger partial charge is 0.360 e. The first kappa shape index (κ1) is 13.4. The second-order valence-corrected chi connectivity index (χ2v) is 9.47. The van der Waals surface area contributed by atoms with Crippen molar-refractivity contribution in [2.75, 3.05) is 21.3 Å². The molecule has 0 aromatic carbocycles. The molecule has 0 aromatic rings. The molecule has 0 aliphatic rings. The highest BCUT2D eigenvalue weighted by molar-refractivity contribution is 6.79. The standard InChI is InChI=1S/C8H19ClO3Si/c1-10-7(9)8(11-2,12-3)13(4,5)6/h7H,1-6H3. The number of alkyl halides is 1. The van der Waals surface area contributed by atoms with Crippen molar-refractivity contribution in [1.29, 1.82) is 0 Å². The molecule has 1 atom stereocenters. The van der Waals surface area contributed by atoms with E-state index in [0.717, 1.165) is 0 Å². The Morgan fingerprint density at radius 2 is 1.46 bits per heavy atom. The molecule has 1 unspecified atom stereocenters. The van der Waals surface area contributed by atoms with Gasteiger partial charge in [0, 0.05) is 21.3 Å². The van der Waals surface area contributed by atoms with E-state index in [-0.39, 0.29) is 0 Å². The summed E-state index contributed by atoms with van der Waals surface area (Å²) in [4.78, 5) is 0. The van der Waals surface area contributed by atoms with Crippen molar-refractivity contribution in [3.05, 3.63) is 0 Å². The van der Waals surface area contributed by atoms with E-state index in [1.807, 2.05) is 0 Å². The lowest BCUT2D eigenvalue weighted by molar-refractivity contribution is -0.192. The fourth-order valence-electron chi connectivity index (χ4n) is 1.38. The number of halogens is 1. The number of hydrogen-bond acceptors (Lipinski definition) is 3. The topological polar surface area (TPSA) is 27.7 Å². The first-order valence-electron chi connectivity index (χ1n) is 4.13. The molecule has 0 spiro atoms. The Morgan fingerprint density at radius 3 is 1.54 bits per heavy atom. The second kappa shape index (κ2) is 4.75. The molecule has 0 amide bonds. The zero-order valence-electron chi connectivity index (χ0n) is 9.18. The van der Waals surface area contributed by atoms with E-state index in [1.54, 1.807) is 21.3 Å². The number of hydrogen-bond donors (Lipinski definition) is 0. The minimum absolute atomic E-state index is 0.575. The third-order valence-corrected chi connectivity index (χ3v) is 5.57. The van der Waals surface area contributed by atoms with E-state index >= 15 is 0 Å². The summed E-state index contributed by atoms with van der Waals surface area (Å²) < 4.78 is 15.8. The third-order valence-electron chi connectivity index (χ3n) is 2.16. The molecule has 3 nitrogen and oxygen atoms in total. The van der Waals surface area contributed by atoms with Gasteiger partial charge in [-0.3, -0.25) is 0 Å². The van der Waals surface area contributed by atoms with Crippen molar-refractivity contribution in [1.82, 2.24) is 0 Å². The highest BCUT2D eigenvalue weighted by Crippen LogP contribution is 2.32. The summed E-state index contributed by atoms with van der Waals surface area (Å²) in [5.74, 6) is 0. The molecule has 80 valence electrons. The first-order chi connectivity index (χ1) is 5.85. The van der Waals surface area contributed by atoms with Gasteiger partial charge in [-0.2, -0.15) is 0 Å². The molecule has 0 heterocycles. The van der Waals surface area contributed by atoms with Gasteiger partial charge < -0.3 is 14.2 Å². The van der Waals surface area contributed by atoms with Gasteiger partial charge in [0.2, 0.25) is 0 Å². The Labute approximate surface area is 86.3 Å². The maximum absolute atomic E-state index is 6.04. The molecular weight excluding hydrogens is 208 g/mol. The van der Waals surface area contributed by atoms with Crippen LogP contribution in [-0.2, 0) is 14.2 Å². The van der Waals surface area contributed by atoms with Crippen LogP contribution in [0, 0.1) is 0 Å². The van der Waals surface area contributed by atoms with Gasteiger partial charge in [-0.15, -0.1) is 0 Å². The maximum atomic E-state index is 6.04. The van der Waals surface area contributed by atoms with Gasteiger partial charge in [-0.25, -0.2) is 0 Å². The first-order valence-corrected chi connectivity index (χ1v) is 8.06. The van der Waals surface area contributed by atoms with Crippen LogP contribution < -0.4 is 0 Å². The number of rotatable bonds is 5. The van der Waals surface area contributed by atoms with E-state index in [0.29, 0.717) is 0 Å². The molecular formula is C8H19ClO3Si. The SMILES string of the molecule is COC(Cl)C(OC)(OC)[Si](C)(C)C. The van der Waals surface area contributed by atoms with Crippen LogP contribution in [0.2, 0.25) is 19.6 Å². The molecule has 13 heavy (non-hydrogen) atoms. The van der Waals surface area contributed by atoms with Gasteiger partial charge in [0.25, 0.3) is 0 Å². The Kier molecular flexibility index (Phi) is 4.89. The van der Waals surface area contributed by atoms with Crippen LogP contribution in [0.5, 0.6) is 0 Å². The molecule has 0 N–H and O–H groups in total. The van der Waals surface area contributed by atoms with Crippen LogP contribution in [0.15, 0.2) is 0 Å². The molecule has 0 aliphatic carbocycles. The average molecular weight is 227 g/mol. The maximum Gasteiger partial charge on any atom is 0.189 e. The molecule has 0 saturated heterocycles. The molecule has 0 radical (unpaired) electrons. The lowest BCUT2D eigenvalue weighted by Crippen LogP contribution is -2.61. The van der Waals surface area contributed by atoms with Gasteiger partial charge in [0.1, 0.15) is 8.07 Å². The molecule has 0 aliphatic heterocycles. The molecule has 0 fully saturated rings. The Bertz CT molecular complexity index is 154. The van der Waals surface area contributed by atoms with Gasteiger partial charge in [-0.05, 0) is 0 Å². The minimum Gasteiger partial charge on any atom is -0.360 e. The highest BCUT2D eigenvalue weighted by atomic mass is 35.5. The summed E-state index contributed by atoms with van der Waals surface area (Å²) >= 11 is 6.04. The Balaban J connectivity index is 4.91. The van der Waals surface area contributed by atoms with Gasteiger partial charge in [0.05, 0.1) is 0 Å².